The van der Waals surface area contributed by atoms with E-state index in [1.54, 1.807) is 29.4 Å². The van der Waals surface area contributed by atoms with Gasteiger partial charge in [-0.2, -0.15) is 5.10 Å². The maximum Gasteiger partial charge on any atom is 0.269 e. The van der Waals surface area contributed by atoms with Crippen molar-refractivity contribution in [3.8, 4) is 0 Å². The number of benzene rings is 1. The van der Waals surface area contributed by atoms with E-state index in [-0.39, 0.29) is 5.69 Å². The van der Waals surface area contributed by atoms with Gasteiger partial charge in [0, 0.05) is 18.3 Å². The van der Waals surface area contributed by atoms with Gasteiger partial charge in [0.1, 0.15) is 17.7 Å². The predicted molar refractivity (Wildman–Crippen MR) is 79.4 cm³/mol. The molecule has 3 rings (SSSR count). The van der Waals surface area contributed by atoms with Gasteiger partial charge in [-0.15, -0.1) is 10.2 Å². The van der Waals surface area contributed by atoms with Gasteiger partial charge in [-0.3, -0.25) is 10.1 Å². The molecule has 2 heterocycles. The molecule has 0 aliphatic rings. The van der Waals surface area contributed by atoms with E-state index in [1.807, 2.05) is 0 Å². The van der Waals surface area contributed by atoms with E-state index >= 15 is 0 Å². The molecule has 22 heavy (non-hydrogen) atoms. The molecule has 0 saturated carbocycles. The molecule has 10 heteroatoms. The van der Waals surface area contributed by atoms with Crippen LogP contribution in [-0.2, 0) is 6.54 Å². The van der Waals surface area contributed by atoms with Crippen LogP contribution in [0.3, 0.4) is 0 Å². The van der Waals surface area contributed by atoms with Gasteiger partial charge in [-0.1, -0.05) is 11.3 Å². The first-order valence-electron chi connectivity index (χ1n) is 6.14. The summed E-state index contributed by atoms with van der Waals surface area (Å²) in [5, 5.41) is 23.8. The minimum atomic E-state index is -0.442. The summed E-state index contributed by atoms with van der Waals surface area (Å²) >= 11 is 1.34. The smallest absolute Gasteiger partial charge is 0.258 e. The predicted octanol–water partition coefficient (Wildman–Crippen LogP) is 1.84. The molecule has 0 aliphatic heterocycles. The van der Waals surface area contributed by atoms with E-state index in [4.69, 9.17) is 0 Å². The second-order valence-electron chi connectivity index (χ2n) is 4.18. The third kappa shape index (κ3) is 3.35. The molecule has 1 aromatic carbocycles. The molecular weight excluding hydrogens is 306 g/mol. The minimum absolute atomic E-state index is 0.0446. The van der Waals surface area contributed by atoms with E-state index < -0.39 is 4.92 Å². The molecule has 0 radical (unpaired) electrons. The van der Waals surface area contributed by atoms with Crippen LogP contribution in [0.2, 0.25) is 0 Å². The Balaban J connectivity index is 1.67. The molecule has 0 unspecified atom stereocenters. The van der Waals surface area contributed by atoms with Gasteiger partial charge < -0.3 is 0 Å². The van der Waals surface area contributed by atoms with Gasteiger partial charge in [-0.05, 0) is 17.7 Å². The van der Waals surface area contributed by atoms with Crippen LogP contribution in [0.1, 0.15) is 10.6 Å². The second kappa shape index (κ2) is 6.18. The maximum absolute atomic E-state index is 10.6. The van der Waals surface area contributed by atoms with Crippen molar-refractivity contribution in [2.75, 3.05) is 0 Å². The monoisotopic (exact) mass is 315 g/mol. The van der Waals surface area contributed by atoms with Crippen molar-refractivity contribution in [1.82, 2.24) is 25.0 Å². The number of hydrogen-bond donors (Lipinski definition) is 0. The molecule has 0 N–H and O–H groups in total. The fourth-order valence-electron chi connectivity index (χ4n) is 1.63. The molecule has 0 saturated heterocycles. The van der Waals surface area contributed by atoms with Crippen LogP contribution >= 0.6 is 11.3 Å². The summed E-state index contributed by atoms with van der Waals surface area (Å²) in [6.07, 6.45) is 4.64. The Labute approximate surface area is 128 Å². The van der Waals surface area contributed by atoms with Gasteiger partial charge >= 0.3 is 0 Å². The first-order chi connectivity index (χ1) is 10.7. The standard InChI is InChI=1S/C12H9N7O2S/c20-19(21)10-3-1-9(2-4-10)5-14-12-17-16-11(22-12)6-18-8-13-7-15-18/h1-5,7-8H,6H2/b14-5+. The highest BCUT2D eigenvalue weighted by molar-refractivity contribution is 7.14. The molecule has 0 spiro atoms. The van der Waals surface area contributed by atoms with Crippen molar-refractivity contribution in [2.45, 2.75) is 6.54 Å². The fraction of sp³-hybridized carbons (Fsp3) is 0.0833. The zero-order chi connectivity index (χ0) is 15.4. The van der Waals surface area contributed by atoms with Gasteiger partial charge in [0.05, 0.1) is 11.5 Å². The second-order valence-corrected chi connectivity index (χ2v) is 5.22. The Bertz CT molecular complexity index is 795. The normalized spacial score (nSPS) is 11.1. The molecule has 110 valence electrons. The van der Waals surface area contributed by atoms with Crippen LogP contribution in [0.25, 0.3) is 0 Å². The van der Waals surface area contributed by atoms with Crippen molar-refractivity contribution >= 4 is 28.4 Å². The summed E-state index contributed by atoms with van der Waals surface area (Å²) in [6, 6.07) is 6.10. The van der Waals surface area contributed by atoms with E-state index in [0.29, 0.717) is 11.7 Å². The van der Waals surface area contributed by atoms with Gasteiger partial charge in [-0.25, -0.2) is 14.7 Å². The summed E-state index contributed by atoms with van der Waals surface area (Å²) in [5.41, 5.74) is 0.793. The van der Waals surface area contributed by atoms with E-state index in [9.17, 15) is 10.1 Å². The van der Waals surface area contributed by atoms with Crippen molar-refractivity contribution in [3.63, 3.8) is 0 Å². The Morgan fingerprint density at radius 2 is 2.14 bits per heavy atom. The Morgan fingerprint density at radius 3 is 2.82 bits per heavy atom. The highest BCUT2D eigenvalue weighted by Crippen LogP contribution is 2.19. The summed E-state index contributed by atoms with van der Waals surface area (Å²) < 4.78 is 1.64. The number of hydrogen-bond acceptors (Lipinski definition) is 8. The molecule has 9 nitrogen and oxygen atoms in total. The highest BCUT2D eigenvalue weighted by Gasteiger charge is 2.05. The number of aromatic nitrogens is 5. The van der Waals surface area contributed by atoms with Crippen LogP contribution < -0.4 is 0 Å². The third-order valence-corrected chi connectivity index (χ3v) is 3.46. The van der Waals surface area contributed by atoms with Crippen LogP contribution in [-0.4, -0.2) is 36.1 Å². The van der Waals surface area contributed by atoms with Crippen molar-refractivity contribution in [1.29, 1.82) is 0 Å². The maximum atomic E-state index is 10.6. The molecule has 0 aliphatic carbocycles. The van der Waals surface area contributed by atoms with Crippen LogP contribution in [0.5, 0.6) is 0 Å². The van der Waals surface area contributed by atoms with Crippen molar-refractivity contribution in [2.24, 2.45) is 4.99 Å². The number of nitrogens with zero attached hydrogens (tertiary/aromatic N) is 7. The van der Waals surface area contributed by atoms with Crippen LogP contribution in [0.4, 0.5) is 10.8 Å². The summed E-state index contributed by atoms with van der Waals surface area (Å²) in [4.78, 5) is 18.2. The lowest BCUT2D eigenvalue weighted by Gasteiger charge is -1.93. The van der Waals surface area contributed by atoms with Crippen LogP contribution in [0, 0.1) is 10.1 Å². The summed E-state index contributed by atoms with van der Waals surface area (Å²) in [5.74, 6) is 0. The highest BCUT2D eigenvalue weighted by atomic mass is 32.1. The van der Waals surface area contributed by atoms with E-state index in [1.165, 1.54) is 29.8 Å². The minimum Gasteiger partial charge on any atom is -0.258 e. The largest absolute Gasteiger partial charge is 0.269 e. The molecule has 0 atom stereocenters. The number of nitro groups is 1. The number of non-ortho nitro benzene ring substituents is 1. The fourth-order valence-corrected chi connectivity index (χ4v) is 2.30. The molecule has 3 aromatic rings. The topological polar surface area (TPSA) is 112 Å². The first-order valence-corrected chi connectivity index (χ1v) is 6.96. The molecule has 0 amide bonds. The number of aliphatic imine (C=N–C) groups is 1. The quantitative estimate of drug-likeness (QED) is 0.403. The SMILES string of the molecule is O=[N+]([O-])c1ccc(/C=N/c2nnc(Cn3cncn3)s2)cc1. The average Bonchev–Trinajstić information content (AvgIpc) is 3.18. The zero-order valence-corrected chi connectivity index (χ0v) is 11.9. The third-order valence-electron chi connectivity index (χ3n) is 2.65. The van der Waals surface area contributed by atoms with E-state index in [0.717, 1.165) is 10.6 Å². The lowest BCUT2D eigenvalue weighted by Crippen LogP contribution is -1.99. The Morgan fingerprint density at radius 1 is 1.32 bits per heavy atom. The van der Waals surface area contributed by atoms with E-state index in [2.05, 4.69) is 25.3 Å². The van der Waals surface area contributed by atoms with Gasteiger partial charge in [0.15, 0.2) is 0 Å². The first kappa shape index (κ1) is 13.9. The van der Waals surface area contributed by atoms with Crippen molar-refractivity contribution < 1.29 is 4.92 Å². The summed E-state index contributed by atoms with van der Waals surface area (Å²) in [7, 11) is 0. The average molecular weight is 315 g/mol. The molecular formula is C12H9N7O2S. The number of rotatable bonds is 5. The molecule has 0 bridgehead atoms. The van der Waals surface area contributed by atoms with Gasteiger partial charge in [0.25, 0.3) is 5.69 Å². The Hall–Kier alpha value is -3.01. The molecule has 0 fully saturated rings. The van der Waals surface area contributed by atoms with Gasteiger partial charge in [0.2, 0.25) is 5.13 Å². The van der Waals surface area contributed by atoms with Crippen molar-refractivity contribution in [3.05, 3.63) is 57.6 Å². The lowest BCUT2D eigenvalue weighted by atomic mass is 10.2. The zero-order valence-electron chi connectivity index (χ0n) is 11.1. The molecule has 2 aromatic heterocycles. The lowest BCUT2D eigenvalue weighted by molar-refractivity contribution is -0.384. The van der Waals surface area contributed by atoms with Crippen LogP contribution in [0.15, 0.2) is 41.9 Å². The number of nitro benzene ring substituents is 1. The summed E-state index contributed by atoms with van der Waals surface area (Å²) in [6.45, 7) is 0.491. The Kier molecular flexibility index (Phi) is 3.92.